The maximum absolute atomic E-state index is 12.9. The monoisotopic (exact) mass is 376 g/mol. The van der Waals surface area contributed by atoms with Crippen molar-refractivity contribution in [1.82, 2.24) is 10.2 Å². The molecule has 0 bridgehead atoms. The number of nitrogens with one attached hydrogen (secondary N) is 1. The first-order chi connectivity index (χ1) is 11.8. The van der Waals surface area contributed by atoms with Gasteiger partial charge in [-0.1, -0.05) is 60.7 Å². The zero-order chi connectivity index (χ0) is 16.6. The molecule has 0 radical (unpaired) electrons. The predicted molar refractivity (Wildman–Crippen MR) is 108 cm³/mol. The molecule has 134 valence electrons. The van der Waals surface area contributed by atoms with Gasteiger partial charge in [0.05, 0.1) is 0 Å². The number of carbonyl (C=O) groups excluding carboxylic acids is 1. The number of nitrogens with zero attached hydrogens (tertiary/aromatic N) is 1. The third-order valence-corrected chi connectivity index (χ3v) is 5.34. The molecule has 2 aromatic rings. The Kier molecular flexibility index (Phi) is 8.32. The zero-order valence-corrected chi connectivity index (χ0v) is 15.9. The third-order valence-electron chi connectivity index (χ3n) is 4.20. The van der Waals surface area contributed by atoms with E-state index >= 15 is 0 Å². The first kappa shape index (κ1) is 19.8. The molecule has 1 heterocycles. The number of benzene rings is 2. The molecule has 1 fully saturated rings. The number of hydrogen-bond acceptors (Lipinski definition) is 3. The van der Waals surface area contributed by atoms with Gasteiger partial charge in [-0.05, 0) is 11.1 Å². The van der Waals surface area contributed by atoms with Crippen LogP contribution in [0.2, 0.25) is 0 Å². The van der Waals surface area contributed by atoms with Crippen LogP contribution < -0.4 is 5.32 Å². The van der Waals surface area contributed by atoms with Crippen molar-refractivity contribution in [3.8, 4) is 0 Å². The van der Waals surface area contributed by atoms with E-state index < -0.39 is 0 Å². The predicted octanol–water partition coefficient (Wildman–Crippen LogP) is 3.73. The minimum atomic E-state index is 0. The summed E-state index contributed by atoms with van der Waals surface area (Å²) in [5.74, 6) is 2.39. The summed E-state index contributed by atoms with van der Waals surface area (Å²) in [6.45, 7) is 2.32. The molecule has 0 aromatic heterocycles. The van der Waals surface area contributed by atoms with Crippen LogP contribution in [0.15, 0.2) is 60.7 Å². The van der Waals surface area contributed by atoms with Crippen LogP contribution in [0.25, 0.3) is 0 Å². The van der Waals surface area contributed by atoms with Crippen LogP contribution in [-0.2, 0) is 17.9 Å². The van der Waals surface area contributed by atoms with Gasteiger partial charge in [0.15, 0.2) is 0 Å². The Hall–Kier alpha value is -1.49. The minimum absolute atomic E-state index is 0. The molecular formula is C20H25ClN2OS. The summed E-state index contributed by atoms with van der Waals surface area (Å²) in [6, 6.07) is 20.8. The summed E-state index contributed by atoms with van der Waals surface area (Å²) < 4.78 is 0. The molecule has 1 aliphatic heterocycles. The van der Waals surface area contributed by atoms with Gasteiger partial charge in [-0.3, -0.25) is 4.79 Å². The number of halogens is 1. The molecule has 2 aromatic carbocycles. The molecule has 1 amide bonds. The number of rotatable bonds is 6. The molecular weight excluding hydrogens is 352 g/mol. The number of hydrogen-bond donors (Lipinski definition) is 1. The van der Waals surface area contributed by atoms with Crippen molar-refractivity contribution in [1.29, 1.82) is 0 Å². The summed E-state index contributed by atoms with van der Waals surface area (Å²) >= 11 is 1.93. The van der Waals surface area contributed by atoms with Crippen molar-refractivity contribution in [2.24, 2.45) is 0 Å². The Morgan fingerprint density at radius 3 is 2.04 bits per heavy atom. The fraction of sp³-hybridized carbons (Fsp3) is 0.350. The van der Waals surface area contributed by atoms with E-state index in [0.29, 0.717) is 25.6 Å². The van der Waals surface area contributed by atoms with Crippen LogP contribution in [0.3, 0.4) is 0 Å². The van der Waals surface area contributed by atoms with Crippen molar-refractivity contribution < 1.29 is 4.79 Å². The van der Waals surface area contributed by atoms with E-state index in [1.807, 2.05) is 53.1 Å². The van der Waals surface area contributed by atoms with Gasteiger partial charge in [0.25, 0.3) is 0 Å². The number of thioether (sulfide) groups is 1. The molecule has 3 rings (SSSR count). The Bertz CT molecular complexity index is 591. The van der Waals surface area contributed by atoms with Gasteiger partial charge < -0.3 is 10.2 Å². The van der Waals surface area contributed by atoms with Gasteiger partial charge in [0.2, 0.25) is 5.91 Å². The van der Waals surface area contributed by atoms with E-state index in [1.165, 1.54) is 11.1 Å². The highest BCUT2D eigenvalue weighted by Gasteiger charge is 2.21. The van der Waals surface area contributed by atoms with E-state index in [4.69, 9.17) is 0 Å². The molecule has 0 aliphatic carbocycles. The quantitative estimate of drug-likeness (QED) is 0.833. The largest absolute Gasteiger partial charge is 0.334 e. The fourth-order valence-corrected chi connectivity index (χ4v) is 3.88. The average Bonchev–Trinajstić information content (AvgIpc) is 2.64. The van der Waals surface area contributed by atoms with Gasteiger partial charge in [0.1, 0.15) is 0 Å². The van der Waals surface area contributed by atoms with Gasteiger partial charge in [-0.25, -0.2) is 0 Å². The fourth-order valence-electron chi connectivity index (χ4n) is 2.93. The summed E-state index contributed by atoms with van der Waals surface area (Å²) in [5.41, 5.74) is 2.35. The topological polar surface area (TPSA) is 32.3 Å². The minimum Gasteiger partial charge on any atom is -0.334 e. The lowest BCUT2D eigenvalue weighted by atomic mass is 10.1. The standard InChI is InChI=1S/C20H24N2OS.ClH/c23-20(13-19-16-24-12-11-21-19)22(14-17-7-3-1-4-8-17)15-18-9-5-2-6-10-18;/h1-10,19,21H,11-16H2;1H. The Morgan fingerprint density at radius 2 is 1.56 bits per heavy atom. The zero-order valence-electron chi connectivity index (χ0n) is 14.3. The molecule has 5 heteroatoms. The van der Waals surface area contributed by atoms with Crippen LogP contribution >= 0.6 is 24.2 Å². The van der Waals surface area contributed by atoms with E-state index in [-0.39, 0.29) is 18.3 Å². The molecule has 1 saturated heterocycles. The lowest BCUT2D eigenvalue weighted by molar-refractivity contribution is -0.132. The smallest absolute Gasteiger partial charge is 0.224 e. The molecule has 0 spiro atoms. The molecule has 25 heavy (non-hydrogen) atoms. The molecule has 1 aliphatic rings. The van der Waals surface area contributed by atoms with E-state index in [0.717, 1.165) is 18.1 Å². The lowest BCUT2D eigenvalue weighted by Crippen LogP contribution is -2.42. The SMILES string of the molecule is Cl.O=C(CC1CSCCN1)N(Cc1ccccc1)Cc1ccccc1. The van der Waals surface area contributed by atoms with E-state index in [9.17, 15) is 4.79 Å². The van der Waals surface area contributed by atoms with E-state index in [1.54, 1.807) is 0 Å². The second kappa shape index (κ2) is 10.5. The second-order valence-electron chi connectivity index (χ2n) is 6.15. The first-order valence-corrected chi connectivity index (χ1v) is 9.63. The maximum atomic E-state index is 12.9. The van der Waals surface area contributed by atoms with Crippen LogP contribution in [-0.4, -0.2) is 34.9 Å². The first-order valence-electron chi connectivity index (χ1n) is 8.48. The summed E-state index contributed by atoms with van der Waals surface area (Å²) in [6.07, 6.45) is 0.576. The Balaban J connectivity index is 0.00000225. The molecule has 0 saturated carbocycles. The highest BCUT2D eigenvalue weighted by Crippen LogP contribution is 2.15. The molecule has 1 N–H and O–H groups in total. The second-order valence-corrected chi connectivity index (χ2v) is 7.30. The maximum Gasteiger partial charge on any atom is 0.224 e. The molecule has 1 atom stereocenters. The van der Waals surface area contributed by atoms with Crippen LogP contribution in [0.1, 0.15) is 17.5 Å². The molecule has 1 unspecified atom stereocenters. The summed E-state index contributed by atoms with van der Waals surface area (Å²) in [4.78, 5) is 14.9. The lowest BCUT2D eigenvalue weighted by Gasteiger charge is -2.28. The van der Waals surface area contributed by atoms with Crippen LogP contribution in [0.4, 0.5) is 0 Å². The van der Waals surface area contributed by atoms with E-state index in [2.05, 4.69) is 29.6 Å². The van der Waals surface area contributed by atoms with Gasteiger partial charge >= 0.3 is 0 Å². The number of carbonyl (C=O) groups is 1. The highest BCUT2D eigenvalue weighted by atomic mass is 35.5. The normalized spacial score (nSPS) is 16.7. The Labute approximate surface area is 160 Å². The van der Waals surface area contributed by atoms with Gasteiger partial charge in [-0.2, -0.15) is 11.8 Å². The average molecular weight is 377 g/mol. The summed E-state index contributed by atoms with van der Waals surface area (Å²) in [7, 11) is 0. The highest BCUT2D eigenvalue weighted by molar-refractivity contribution is 7.99. The number of amides is 1. The van der Waals surface area contributed by atoms with Crippen LogP contribution in [0, 0.1) is 0 Å². The van der Waals surface area contributed by atoms with Crippen LogP contribution in [0.5, 0.6) is 0 Å². The van der Waals surface area contributed by atoms with Gasteiger partial charge in [-0.15, -0.1) is 12.4 Å². The van der Waals surface area contributed by atoms with Crippen molar-refractivity contribution in [2.45, 2.75) is 25.6 Å². The van der Waals surface area contributed by atoms with Crippen molar-refractivity contribution in [2.75, 3.05) is 18.1 Å². The van der Waals surface area contributed by atoms with Crippen molar-refractivity contribution in [3.63, 3.8) is 0 Å². The van der Waals surface area contributed by atoms with Crippen molar-refractivity contribution in [3.05, 3.63) is 71.8 Å². The third kappa shape index (κ3) is 6.38. The molecule has 3 nitrogen and oxygen atoms in total. The summed E-state index contributed by atoms with van der Waals surface area (Å²) in [5, 5.41) is 3.46. The van der Waals surface area contributed by atoms with Gasteiger partial charge in [0, 0.05) is 43.6 Å². The Morgan fingerprint density at radius 1 is 1.00 bits per heavy atom. The van der Waals surface area contributed by atoms with Crippen molar-refractivity contribution >= 4 is 30.1 Å².